The summed E-state index contributed by atoms with van der Waals surface area (Å²) in [6.07, 6.45) is 0.835. The minimum atomic E-state index is -0.425. The average molecular weight is 285 g/mol. The van der Waals surface area contributed by atoms with Crippen LogP contribution in [0.1, 0.15) is 45.1 Å². The monoisotopic (exact) mass is 285 g/mol. The van der Waals surface area contributed by atoms with Crippen LogP contribution in [0.5, 0.6) is 0 Å². The van der Waals surface area contributed by atoms with Crippen molar-refractivity contribution in [3.8, 4) is 0 Å². The number of nitrogens with one attached hydrogen (secondary N) is 1. The number of rotatable bonds is 9. The molecule has 110 valence electrons. The molecule has 1 heterocycles. The summed E-state index contributed by atoms with van der Waals surface area (Å²) in [6, 6.07) is 4.07. The molecule has 2 atom stereocenters. The van der Waals surface area contributed by atoms with Crippen molar-refractivity contribution >= 4 is 11.3 Å². The van der Waals surface area contributed by atoms with E-state index in [0.29, 0.717) is 5.92 Å². The van der Waals surface area contributed by atoms with Crippen LogP contribution in [0.4, 0.5) is 0 Å². The van der Waals surface area contributed by atoms with E-state index in [1.165, 1.54) is 0 Å². The largest absolute Gasteiger partial charge is 0.386 e. The van der Waals surface area contributed by atoms with Crippen LogP contribution < -0.4 is 5.32 Å². The summed E-state index contributed by atoms with van der Waals surface area (Å²) in [7, 11) is 0. The highest BCUT2D eigenvalue weighted by atomic mass is 32.1. The Morgan fingerprint density at radius 2 is 2.05 bits per heavy atom. The summed E-state index contributed by atoms with van der Waals surface area (Å²) >= 11 is 1.61. The lowest BCUT2D eigenvalue weighted by Crippen LogP contribution is -2.39. The molecule has 1 aromatic heterocycles. The van der Waals surface area contributed by atoms with E-state index >= 15 is 0 Å². The molecule has 1 rings (SSSR count). The van der Waals surface area contributed by atoms with Crippen molar-refractivity contribution in [3.05, 3.63) is 22.4 Å². The van der Waals surface area contributed by atoms with E-state index in [-0.39, 0.29) is 12.1 Å². The van der Waals surface area contributed by atoms with E-state index in [4.69, 9.17) is 4.74 Å². The number of hydrogen-bond donors (Lipinski definition) is 2. The van der Waals surface area contributed by atoms with E-state index in [1.807, 2.05) is 31.4 Å². The summed E-state index contributed by atoms with van der Waals surface area (Å²) in [5, 5.41) is 15.9. The zero-order valence-electron chi connectivity index (χ0n) is 12.4. The number of aliphatic hydroxyl groups is 1. The first-order valence-corrected chi connectivity index (χ1v) is 7.96. The van der Waals surface area contributed by atoms with Crippen molar-refractivity contribution in [1.29, 1.82) is 0 Å². The van der Waals surface area contributed by atoms with E-state index in [9.17, 15) is 5.11 Å². The van der Waals surface area contributed by atoms with E-state index in [0.717, 1.165) is 24.4 Å². The van der Waals surface area contributed by atoms with Crippen LogP contribution in [0.3, 0.4) is 0 Å². The van der Waals surface area contributed by atoms with E-state index in [2.05, 4.69) is 19.2 Å². The minimum absolute atomic E-state index is 0.0951. The van der Waals surface area contributed by atoms with Gasteiger partial charge in [-0.1, -0.05) is 19.9 Å². The Kier molecular flexibility index (Phi) is 7.61. The molecular weight excluding hydrogens is 258 g/mol. The second-order valence-corrected chi connectivity index (χ2v) is 6.44. The molecule has 2 N–H and O–H groups in total. The summed E-state index contributed by atoms with van der Waals surface area (Å²) < 4.78 is 5.52. The molecule has 3 nitrogen and oxygen atoms in total. The standard InChI is InChI=1S/C15H27NO2S/c1-11(2)14(15(17)13-7-5-10-19-13)16-8-6-9-18-12(3)4/h5,7,10-12,14-17H,6,8-9H2,1-4H3. The Labute approximate surface area is 121 Å². The lowest BCUT2D eigenvalue weighted by atomic mass is 9.97. The van der Waals surface area contributed by atoms with Crippen molar-refractivity contribution in [1.82, 2.24) is 5.32 Å². The second-order valence-electron chi connectivity index (χ2n) is 5.46. The normalized spacial score (nSPS) is 15.1. The van der Waals surface area contributed by atoms with Gasteiger partial charge in [0.2, 0.25) is 0 Å². The molecule has 0 amide bonds. The second kappa shape index (κ2) is 8.69. The van der Waals surface area contributed by atoms with E-state index < -0.39 is 6.10 Å². The van der Waals surface area contributed by atoms with Gasteiger partial charge in [-0.2, -0.15) is 0 Å². The van der Waals surface area contributed by atoms with Gasteiger partial charge >= 0.3 is 0 Å². The smallest absolute Gasteiger partial charge is 0.104 e. The number of thiophene rings is 1. The van der Waals surface area contributed by atoms with Gasteiger partial charge in [-0.05, 0) is 44.2 Å². The van der Waals surface area contributed by atoms with Crippen LogP contribution in [-0.4, -0.2) is 30.4 Å². The molecule has 0 fully saturated rings. The van der Waals surface area contributed by atoms with Crippen molar-refractivity contribution in [2.24, 2.45) is 5.92 Å². The van der Waals surface area contributed by atoms with E-state index in [1.54, 1.807) is 11.3 Å². The van der Waals surface area contributed by atoms with Crippen molar-refractivity contribution < 1.29 is 9.84 Å². The van der Waals surface area contributed by atoms with Gasteiger partial charge in [-0.25, -0.2) is 0 Å². The Balaban J connectivity index is 2.37. The summed E-state index contributed by atoms with van der Waals surface area (Å²) in [6.45, 7) is 10.0. The van der Waals surface area contributed by atoms with Crippen LogP contribution in [0.2, 0.25) is 0 Å². The highest BCUT2D eigenvalue weighted by molar-refractivity contribution is 7.10. The number of hydrogen-bond acceptors (Lipinski definition) is 4. The molecule has 1 aromatic rings. The third-order valence-electron chi connectivity index (χ3n) is 3.05. The third kappa shape index (κ3) is 6.04. The van der Waals surface area contributed by atoms with Crippen molar-refractivity contribution in [2.45, 2.75) is 52.4 Å². The molecule has 4 heteroatoms. The average Bonchev–Trinajstić information content (AvgIpc) is 2.85. The fourth-order valence-electron chi connectivity index (χ4n) is 2.01. The van der Waals surface area contributed by atoms with Gasteiger partial charge in [-0.15, -0.1) is 11.3 Å². The fraction of sp³-hybridized carbons (Fsp3) is 0.733. The highest BCUT2D eigenvalue weighted by Gasteiger charge is 2.23. The number of aliphatic hydroxyl groups excluding tert-OH is 1. The van der Waals surface area contributed by atoms with Crippen molar-refractivity contribution in [2.75, 3.05) is 13.2 Å². The maximum atomic E-state index is 10.4. The molecule has 0 saturated carbocycles. The van der Waals surface area contributed by atoms with Gasteiger partial charge in [0, 0.05) is 17.5 Å². The van der Waals surface area contributed by atoms with Crippen LogP contribution in [-0.2, 0) is 4.74 Å². The Morgan fingerprint density at radius 1 is 1.32 bits per heavy atom. The summed E-state index contributed by atoms with van der Waals surface area (Å²) in [5.41, 5.74) is 0. The highest BCUT2D eigenvalue weighted by Crippen LogP contribution is 2.25. The van der Waals surface area contributed by atoms with Crippen LogP contribution in [0.15, 0.2) is 17.5 Å². The van der Waals surface area contributed by atoms with Gasteiger partial charge < -0.3 is 15.2 Å². The molecule has 2 unspecified atom stereocenters. The molecular formula is C15H27NO2S. The SMILES string of the molecule is CC(C)OCCCNC(C(C)C)C(O)c1cccs1. The zero-order valence-corrected chi connectivity index (χ0v) is 13.2. The maximum Gasteiger partial charge on any atom is 0.104 e. The lowest BCUT2D eigenvalue weighted by molar-refractivity contribution is 0.0718. The molecule has 0 aliphatic rings. The molecule has 0 spiro atoms. The Morgan fingerprint density at radius 3 is 2.58 bits per heavy atom. The van der Waals surface area contributed by atoms with Gasteiger partial charge in [0.05, 0.1) is 6.10 Å². The molecule has 0 bridgehead atoms. The first-order valence-electron chi connectivity index (χ1n) is 7.08. The van der Waals surface area contributed by atoms with Crippen molar-refractivity contribution in [3.63, 3.8) is 0 Å². The quantitative estimate of drug-likeness (QED) is 0.685. The minimum Gasteiger partial charge on any atom is -0.386 e. The Bertz CT molecular complexity index is 325. The molecule has 19 heavy (non-hydrogen) atoms. The van der Waals surface area contributed by atoms with Gasteiger partial charge in [0.25, 0.3) is 0 Å². The maximum absolute atomic E-state index is 10.4. The predicted octanol–water partition coefficient (Wildman–Crippen LogP) is 3.21. The molecule has 0 radical (unpaired) electrons. The molecule has 0 aliphatic carbocycles. The number of ether oxygens (including phenoxy) is 1. The first kappa shape index (κ1) is 16.6. The first-order chi connectivity index (χ1) is 9.02. The topological polar surface area (TPSA) is 41.5 Å². The fourth-order valence-corrected chi connectivity index (χ4v) is 2.77. The van der Waals surface area contributed by atoms with Crippen LogP contribution in [0.25, 0.3) is 0 Å². The van der Waals surface area contributed by atoms with Gasteiger partial charge in [0.15, 0.2) is 0 Å². The third-order valence-corrected chi connectivity index (χ3v) is 3.99. The van der Waals surface area contributed by atoms with Crippen LogP contribution >= 0.6 is 11.3 Å². The van der Waals surface area contributed by atoms with Gasteiger partial charge in [0.1, 0.15) is 6.10 Å². The molecule has 0 saturated heterocycles. The predicted molar refractivity (Wildman–Crippen MR) is 81.6 cm³/mol. The van der Waals surface area contributed by atoms with Gasteiger partial charge in [-0.3, -0.25) is 0 Å². The summed E-state index contributed by atoms with van der Waals surface area (Å²) in [5.74, 6) is 0.392. The summed E-state index contributed by atoms with van der Waals surface area (Å²) in [4.78, 5) is 1.03. The molecule has 0 aromatic carbocycles. The lowest BCUT2D eigenvalue weighted by Gasteiger charge is -2.27. The molecule has 0 aliphatic heterocycles. The van der Waals surface area contributed by atoms with Crippen LogP contribution in [0, 0.1) is 5.92 Å². The zero-order chi connectivity index (χ0) is 14.3. The Hall–Kier alpha value is -0.420.